The van der Waals surface area contributed by atoms with Crippen LogP contribution in [0.1, 0.15) is 87.3 Å². The molecule has 0 radical (unpaired) electrons. The lowest BCUT2D eigenvalue weighted by Crippen LogP contribution is -2.21. The van der Waals surface area contributed by atoms with Gasteiger partial charge in [-0.3, -0.25) is 0 Å². The normalized spacial score (nSPS) is 18.7. The van der Waals surface area contributed by atoms with Crippen LogP contribution >= 0.6 is 0 Å². The van der Waals surface area contributed by atoms with E-state index in [2.05, 4.69) is 6.92 Å². The van der Waals surface area contributed by atoms with Crippen molar-refractivity contribution in [2.24, 2.45) is 0 Å². The van der Waals surface area contributed by atoms with E-state index in [1.165, 1.54) is 18.9 Å². The minimum absolute atomic E-state index is 0.00103. The molecule has 1 aliphatic rings. The summed E-state index contributed by atoms with van der Waals surface area (Å²) in [5.41, 5.74) is 1.84. The summed E-state index contributed by atoms with van der Waals surface area (Å²) in [5.74, 6) is -1.97. The van der Waals surface area contributed by atoms with Gasteiger partial charge in [-0.2, -0.15) is 4.39 Å². The zero-order valence-corrected chi connectivity index (χ0v) is 19.3. The van der Waals surface area contributed by atoms with Gasteiger partial charge in [0.25, 0.3) is 0 Å². The van der Waals surface area contributed by atoms with Gasteiger partial charge in [0.1, 0.15) is 5.82 Å². The van der Waals surface area contributed by atoms with Crippen LogP contribution < -0.4 is 4.74 Å². The second-order valence-corrected chi connectivity index (χ2v) is 8.92. The average molecular weight is 449 g/mol. The molecular formula is C27H35F3O2. The summed E-state index contributed by atoms with van der Waals surface area (Å²) in [5, 5.41) is 0. The van der Waals surface area contributed by atoms with Gasteiger partial charge >= 0.3 is 0 Å². The van der Waals surface area contributed by atoms with Crippen molar-refractivity contribution in [3.63, 3.8) is 0 Å². The maximum Gasteiger partial charge on any atom is 0.200 e. The summed E-state index contributed by atoms with van der Waals surface area (Å²) in [7, 11) is 0. The minimum atomic E-state index is -0.885. The maximum absolute atomic E-state index is 14.7. The van der Waals surface area contributed by atoms with Crippen molar-refractivity contribution < 1.29 is 22.6 Å². The molecule has 1 saturated carbocycles. The molecular weight excluding hydrogens is 413 g/mol. The number of aryl methyl sites for hydroxylation is 1. The fourth-order valence-electron chi connectivity index (χ4n) is 4.38. The van der Waals surface area contributed by atoms with Crippen LogP contribution in [0.3, 0.4) is 0 Å². The van der Waals surface area contributed by atoms with Crippen LogP contribution in [0.5, 0.6) is 5.75 Å². The molecule has 0 unspecified atom stereocenters. The van der Waals surface area contributed by atoms with E-state index >= 15 is 0 Å². The van der Waals surface area contributed by atoms with E-state index in [4.69, 9.17) is 9.47 Å². The van der Waals surface area contributed by atoms with Gasteiger partial charge in [0.2, 0.25) is 5.82 Å². The third kappa shape index (κ3) is 6.74. The second-order valence-electron chi connectivity index (χ2n) is 8.92. The molecule has 1 fully saturated rings. The molecule has 0 amide bonds. The molecule has 0 heterocycles. The Hall–Kier alpha value is -2.01. The van der Waals surface area contributed by atoms with E-state index in [0.29, 0.717) is 17.7 Å². The van der Waals surface area contributed by atoms with Crippen LogP contribution in [0.2, 0.25) is 0 Å². The topological polar surface area (TPSA) is 18.5 Å². The van der Waals surface area contributed by atoms with Gasteiger partial charge < -0.3 is 9.47 Å². The highest BCUT2D eigenvalue weighted by atomic mass is 19.2. The first-order valence-electron chi connectivity index (χ1n) is 12.0. The SMILES string of the molecule is CCCCCCCOc1ccc(C2CCC(OCc3ccc(C)cc3F)CC2)c(F)c1F. The van der Waals surface area contributed by atoms with Crippen molar-refractivity contribution in [1.82, 2.24) is 0 Å². The Morgan fingerprint density at radius 3 is 2.34 bits per heavy atom. The lowest BCUT2D eigenvalue weighted by molar-refractivity contribution is 0.0118. The van der Waals surface area contributed by atoms with E-state index in [1.54, 1.807) is 18.2 Å². The van der Waals surface area contributed by atoms with E-state index in [1.807, 2.05) is 13.0 Å². The molecule has 0 aromatic heterocycles. The Bertz CT molecular complexity index is 860. The predicted molar refractivity (Wildman–Crippen MR) is 122 cm³/mol. The van der Waals surface area contributed by atoms with Gasteiger partial charge in [-0.25, -0.2) is 8.78 Å². The first kappa shape index (κ1) is 24.6. The molecule has 0 aliphatic heterocycles. The summed E-state index contributed by atoms with van der Waals surface area (Å²) < 4.78 is 54.6. The van der Waals surface area contributed by atoms with Gasteiger partial charge in [0.15, 0.2) is 11.6 Å². The molecule has 0 atom stereocenters. The van der Waals surface area contributed by atoms with E-state index in [9.17, 15) is 13.2 Å². The Kier molecular flexibility index (Phi) is 9.46. The van der Waals surface area contributed by atoms with Crippen molar-refractivity contribution in [3.8, 4) is 5.75 Å². The molecule has 176 valence electrons. The van der Waals surface area contributed by atoms with Crippen LogP contribution in [-0.2, 0) is 11.3 Å². The summed E-state index contributed by atoms with van der Waals surface area (Å²) in [4.78, 5) is 0. The lowest BCUT2D eigenvalue weighted by Gasteiger charge is -2.29. The number of unbranched alkanes of at least 4 members (excludes halogenated alkanes) is 4. The molecule has 0 spiro atoms. The number of ether oxygens (including phenoxy) is 2. The molecule has 2 aromatic carbocycles. The van der Waals surface area contributed by atoms with Gasteiger partial charge in [-0.15, -0.1) is 0 Å². The zero-order chi connectivity index (χ0) is 22.9. The molecule has 2 aromatic rings. The van der Waals surface area contributed by atoms with Gasteiger partial charge in [-0.05, 0) is 68.2 Å². The Morgan fingerprint density at radius 2 is 1.62 bits per heavy atom. The number of halogens is 3. The van der Waals surface area contributed by atoms with E-state index < -0.39 is 11.6 Å². The fraction of sp³-hybridized carbons (Fsp3) is 0.556. The molecule has 3 rings (SSSR count). The monoisotopic (exact) mass is 448 g/mol. The Labute approximate surface area is 190 Å². The van der Waals surface area contributed by atoms with Gasteiger partial charge in [-0.1, -0.05) is 50.8 Å². The largest absolute Gasteiger partial charge is 0.490 e. The number of hydrogen-bond donors (Lipinski definition) is 0. The standard InChI is InChI=1S/C27H35F3O2/c1-3-4-5-6-7-16-31-25-15-14-23(26(29)27(25)30)20-10-12-22(13-11-20)32-18-21-9-8-19(2)17-24(21)28/h8-9,14-15,17,20,22H,3-7,10-13,16,18H2,1-2H3. The maximum atomic E-state index is 14.7. The second kappa shape index (κ2) is 12.3. The average Bonchev–Trinajstić information content (AvgIpc) is 2.79. The van der Waals surface area contributed by atoms with Crippen LogP contribution in [-0.4, -0.2) is 12.7 Å². The highest BCUT2D eigenvalue weighted by molar-refractivity contribution is 5.33. The molecule has 32 heavy (non-hydrogen) atoms. The van der Waals surface area contributed by atoms with Crippen LogP contribution in [0, 0.1) is 24.4 Å². The summed E-state index contributed by atoms with van der Waals surface area (Å²) in [6.45, 7) is 4.64. The Balaban J connectivity index is 1.47. The molecule has 5 heteroatoms. The highest BCUT2D eigenvalue weighted by Gasteiger charge is 2.27. The molecule has 2 nitrogen and oxygen atoms in total. The Morgan fingerprint density at radius 1 is 0.875 bits per heavy atom. The van der Waals surface area contributed by atoms with E-state index in [-0.39, 0.29) is 30.2 Å². The van der Waals surface area contributed by atoms with Gasteiger partial charge in [0.05, 0.1) is 19.3 Å². The minimum Gasteiger partial charge on any atom is -0.490 e. The molecule has 1 aliphatic carbocycles. The van der Waals surface area contributed by atoms with E-state index in [0.717, 1.165) is 50.5 Å². The smallest absolute Gasteiger partial charge is 0.200 e. The zero-order valence-electron chi connectivity index (χ0n) is 19.3. The third-order valence-electron chi connectivity index (χ3n) is 6.38. The van der Waals surface area contributed by atoms with Crippen LogP contribution in [0.15, 0.2) is 30.3 Å². The summed E-state index contributed by atoms with van der Waals surface area (Å²) in [6.07, 6.45) is 8.32. The third-order valence-corrected chi connectivity index (χ3v) is 6.38. The lowest BCUT2D eigenvalue weighted by atomic mass is 9.82. The van der Waals surface area contributed by atoms with Crippen molar-refractivity contribution in [2.75, 3.05) is 6.61 Å². The van der Waals surface area contributed by atoms with Crippen molar-refractivity contribution >= 4 is 0 Å². The van der Waals surface area contributed by atoms with Crippen molar-refractivity contribution in [3.05, 3.63) is 64.5 Å². The quantitative estimate of drug-likeness (QED) is 0.324. The molecule has 0 saturated heterocycles. The number of hydrogen-bond acceptors (Lipinski definition) is 2. The summed E-state index contributed by atoms with van der Waals surface area (Å²) >= 11 is 0. The van der Waals surface area contributed by atoms with Gasteiger partial charge in [0, 0.05) is 5.56 Å². The fourth-order valence-corrected chi connectivity index (χ4v) is 4.38. The molecule has 0 bridgehead atoms. The van der Waals surface area contributed by atoms with Crippen LogP contribution in [0.25, 0.3) is 0 Å². The number of rotatable bonds is 11. The first-order chi connectivity index (χ1) is 15.5. The first-order valence-corrected chi connectivity index (χ1v) is 12.0. The van der Waals surface area contributed by atoms with Crippen molar-refractivity contribution in [2.45, 2.75) is 90.3 Å². The highest BCUT2D eigenvalue weighted by Crippen LogP contribution is 2.37. The molecule has 0 N–H and O–H groups in total. The van der Waals surface area contributed by atoms with Crippen LogP contribution in [0.4, 0.5) is 13.2 Å². The predicted octanol–water partition coefficient (Wildman–Crippen LogP) is 8.00. The summed E-state index contributed by atoms with van der Waals surface area (Å²) in [6, 6.07) is 8.35. The number of benzene rings is 2. The van der Waals surface area contributed by atoms with Crippen molar-refractivity contribution in [1.29, 1.82) is 0 Å².